The highest BCUT2D eigenvalue weighted by Gasteiger charge is 2.46. The maximum atomic E-state index is 10.9. The third-order valence-corrected chi connectivity index (χ3v) is 2.56. The van der Waals surface area contributed by atoms with Crippen LogP contribution >= 0.6 is 0 Å². The first kappa shape index (κ1) is 6.59. The summed E-state index contributed by atoms with van der Waals surface area (Å²) in [5.74, 6) is 0.206. The van der Waals surface area contributed by atoms with E-state index in [0.29, 0.717) is 6.04 Å². The minimum Gasteiger partial charge on any atom is -0.352 e. The summed E-state index contributed by atoms with van der Waals surface area (Å²) >= 11 is 0. The maximum absolute atomic E-state index is 10.9. The molecule has 2 nitrogen and oxygen atoms in total. The normalized spacial score (nSPS) is 41.7. The predicted octanol–water partition coefficient (Wildman–Crippen LogP) is 0.921. The molecule has 1 amide bonds. The van der Waals surface area contributed by atoms with E-state index in [2.05, 4.69) is 12.2 Å². The Balaban J connectivity index is 2.66. The third-order valence-electron chi connectivity index (χ3n) is 2.56. The highest BCUT2D eigenvalue weighted by atomic mass is 16.2. The molecule has 0 aromatic carbocycles. The van der Waals surface area contributed by atoms with Crippen molar-refractivity contribution in [2.24, 2.45) is 5.41 Å². The largest absolute Gasteiger partial charge is 0.352 e. The van der Waals surface area contributed by atoms with Gasteiger partial charge in [-0.25, -0.2) is 0 Å². The Morgan fingerprint density at radius 2 is 2.33 bits per heavy atom. The summed E-state index contributed by atoms with van der Waals surface area (Å²) in [6.07, 6.45) is 0.944. The molecule has 0 saturated carbocycles. The molecule has 0 aliphatic carbocycles. The van der Waals surface area contributed by atoms with E-state index in [1.807, 2.05) is 13.8 Å². The Kier molecular flexibility index (Phi) is 1.26. The van der Waals surface area contributed by atoms with Gasteiger partial charge in [0.05, 0.1) is 5.41 Å². The van der Waals surface area contributed by atoms with Crippen LogP contribution in [0.15, 0.2) is 0 Å². The van der Waals surface area contributed by atoms with Crippen LogP contribution in [-0.4, -0.2) is 11.9 Å². The topological polar surface area (TPSA) is 29.1 Å². The number of amides is 1. The molecule has 1 heterocycles. The average Bonchev–Trinajstić information content (AvgIpc) is 1.87. The van der Waals surface area contributed by atoms with E-state index in [4.69, 9.17) is 0 Å². The molecule has 0 spiro atoms. The fourth-order valence-electron chi connectivity index (χ4n) is 1.11. The van der Waals surface area contributed by atoms with Crippen molar-refractivity contribution in [3.05, 3.63) is 0 Å². The predicted molar refractivity (Wildman–Crippen MR) is 36.0 cm³/mol. The second-order valence-corrected chi connectivity index (χ2v) is 2.97. The van der Waals surface area contributed by atoms with Crippen molar-refractivity contribution in [2.75, 3.05) is 0 Å². The third kappa shape index (κ3) is 0.655. The van der Waals surface area contributed by atoms with Gasteiger partial charge < -0.3 is 5.32 Å². The zero-order valence-corrected chi connectivity index (χ0v) is 6.19. The molecule has 1 aliphatic heterocycles. The molecule has 2 unspecified atom stereocenters. The standard InChI is InChI=1S/C7H13NO/c1-4-7(3)5(2)8-6(7)9/h5H,4H2,1-3H3,(H,8,9). The number of β-lactam (4-membered cyclic amide) rings is 1. The monoisotopic (exact) mass is 127 g/mol. The van der Waals surface area contributed by atoms with Crippen LogP contribution in [0.1, 0.15) is 27.2 Å². The quantitative estimate of drug-likeness (QED) is 0.521. The lowest BCUT2D eigenvalue weighted by Crippen LogP contribution is -2.63. The molecule has 2 heteroatoms. The van der Waals surface area contributed by atoms with Crippen LogP contribution in [0.25, 0.3) is 0 Å². The highest BCUT2D eigenvalue weighted by molar-refractivity contribution is 5.89. The smallest absolute Gasteiger partial charge is 0.228 e. The van der Waals surface area contributed by atoms with Crippen LogP contribution in [0, 0.1) is 5.41 Å². The molecule has 0 bridgehead atoms. The first-order valence-corrected chi connectivity index (χ1v) is 3.42. The van der Waals surface area contributed by atoms with Gasteiger partial charge in [0.25, 0.3) is 0 Å². The van der Waals surface area contributed by atoms with Crippen molar-refractivity contribution in [1.29, 1.82) is 0 Å². The molecule has 1 saturated heterocycles. The average molecular weight is 127 g/mol. The van der Waals surface area contributed by atoms with Crippen LogP contribution in [-0.2, 0) is 4.79 Å². The van der Waals surface area contributed by atoms with Gasteiger partial charge in [-0.2, -0.15) is 0 Å². The van der Waals surface area contributed by atoms with Crippen molar-refractivity contribution >= 4 is 5.91 Å². The molecule has 9 heavy (non-hydrogen) atoms. The number of rotatable bonds is 1. The summed E-state index contributed by atoms with van der Waals surface area (Å²) < 4.78 is 0. The Hall–Kier alpha value is -0.530. The van der Waals surface area contributed by atoms with Gasteiger partial charge in [0, 0.05) is 6.04 Å². The van der Waals surface area contributed by atoms with E-state index >= 15 is 0 Å². The minimum atomic E-state index is -0.0694. The van der Waals surface area contributed by atoms with E-state index in [0.717, 1.165) is 6.42 Å². The van der Waals surface area contributed by atoms with Crippen molar-refractivity contribution in [3.63, 3.8) is 0 Å². The lowest BCUT2D eigenvalue weighted by molar-refractivity contribution is -0.143. The molecule has 1 rings (SSSR count). The fraction of sp³-hybridized carbons (Fsp3) is 0.857. The molecule has 2 atom stereocenters. The van der Waals surface area contributed by atoms with Crippen LogP contribution in [0.5, 0.6) is 0 Å². The zero-order chi connectivity index (χ0) is 7.07. The van der Waals surface area contributed by atoms with Gasteiger partial charge in [0.15, 0.2) is 0 Å². The molecule has 0 aromatic rings. The van der Waals surface area contributed by atoms with E-state index in [1.54, 1.807) is 0 Å². The van der Waals surface area contributed by atoms with Gasteiger partial charge in [-0.1, -0.05) is 6.92 Å². The molecule has 0 radical (unpaired) electrons. The van der Waals surface area contributed by atoms with Gasteiger partial charge in [0.2, 0.25) is 5.91 Å². The van der Waals surface area contributed by atoms with E-state index in [9.17, 15) is 4.79 Å². The number of carbonyl (C=O) groups excluding carboxylic acids is 1. The summed E-state index contributed by atoms with van der Waals surface area (Å²) in [5.41, 5.74) is -0.0694. The van der Waals surface area contributed by atoms with Gasteiger partial charge in [0.1, 0.15) is 0 Å². The molecule has 0 aromatic heterocycles. The fourth-order valence-corrected chi connectivity index (χ4v) is 1.11. The second kappa shape index (κ2) is 1.72. The number of hydrogen-bond donors (Lipinski definition) is 1. The summed E-state index contributed by atoms with van der Waals surface area (Å²) in [6, 6.07) is 0.370. The lowest BCUT2D eigenvalue weighted by atomic mass is 9.73. The highest BCUT2D eigenvalue weighted by Crippen LogP contribution is 2.33. The molecule has 1 aliphatic rings. The molecule has 52 valence electrons. The molecule has 1 N–H and O–H groups in total. The van der Waals surface area contributed by atoms with E-state index in [1.165, 1.54) is 0 Å². The van der Waals surface area contributed by atoms with Gasteiger partial charge in [-0.15, -0.1) is 0 Å². The van der Waals surface area contributed by atoms with Crippen LogP contribution < -0.4 is 5.32 Å². The second-order valence-electron chi connectivity index (χ2n) is 2.97. The van der Waals surface area contributed by atoms with Crippen molar-refractivity contribution in [2.45, 2.75) is 33.2 Å². The molecular formula is C7H13NO. The SMILES string of the molecule is CCC1(C)C(=O)NC1C. The summed E-state index contributed by atoms with van der Waals surface area (Å²) in [7, 11) is 0. The summed E-state index contributed by atoms with van der Waals surface area (Å²) in [4.78, 5) is 10.9. The van der Waals surface area contributed by atoms with Gasteiger partial charge in [-0.05, 0) is 20.3 Å². The maximum Gasteiger partial charge on any atom is 0.228 e. The Morgan fingerprint density at radius 3 is 2.44 bits per heavy atom. The summed E-state index contributed by atoms with van der Waals surface area (Å²) in [5, 5.41) is 2.81. The Bertz CT molecular complexity index is 144. The van der Waals surface area contributed by atoms with E-state index < -0.39 is 0 Å². The Labute approximate surface area is 55.6 Å². The van der Waals surface area contributed by atoms with Crippen molar-refractivity contribution < 1.29 is 4.79 Å². The number of nitrogens with one attached hydrogen (secondary N) is 1. The first-order chi connectivity index (χ1) is 4.11. The first-order valence-electron chi connectivity index (χ1n) is 3.42. The van der Waals surface area contributed by atoms with Crippen molar-refractivity contribution in [1.82, 2.24) is 5.32 Å². The lowest BCUT2D eigenvalue weighted by Gasteiger charge is -2.43. The van der Waals surface area contributed by atoms with E-state index in [-0.39, 0.29) is 11.3 Å². The summed E-state index contributed by atoms with van der Waals surface area (Å²) in [6.45, 7) is 6.11. The molecular weight excluding hydrogens is 114 g/mol. The van der Waals surface area contributed by atoms with Crippen LogP contribution in [0.3, 0.4) is 0 Å². The molecule has 1 fully saturated rings. The minimum absolute atomic E-state index is 0.0694. The Morgan fingerprint density at radius 1 is 1.78 bits per heavy atom. The van der Waals surface area contributed by atoms with Gasteiger partial charge >= 0.3 is 0 Å². The van der Waals surface area contributed by atoms with Crippen LogP contribution in [0.2, 0.25) is 0 Å². The van der Waals surface area contributed by atoms with Crippen LogP contribution in [0.4, 0.5) is 0 Å². The van der Waals surface area contributed by atoms with Gasteiger partial charge in [-0.3, -0.25) is 4.79 Å². The zero-order valence-electron chi connectivity index (χ0n) is 6.19. The van der Waals surface area contributed by atoms with Crippen molar-refractivity contribution in [3.8, 4) is 0 Å². The number of hydrogen-bond acceptors (Lipinski definition) is 1. The number of carbonyl (C=O) groups is 1.